The van der Waals surface area contributed by atoms with E-state index in [9.17, 15) is 19.5 Å². The third-order valence-electron chi connectivity index (χ3n) is 15.2. The zero-order chi connectivity index (χ0) is 63.3. The molecular formula is C78H133NO8. The van der Waals surface area contributed by atoms with Crippen molar-refractivity contribution >= 4 is 17.9 Å². The summed E-state index contributed by atoms with van der Waals surface area (Å²) in [5, 5.41) is 11.8. The smallest absolute Gasteiger partial charge is 0.306 e. The summed E-state index contributed by atoms with van der Waals surface area (Å²) >= 11 is 0. The van der Waals surface area contributed by atoms with Gasteiger partial charge in [-0.15, -0.1) is 0 Å². The number of allylic oxidation sites excluding steroid dienone is 20. The van der Waals surface area contributed by atoms with E-state index in [0.717, 1.165) is 77.0 Å². The van der Waals surface area contributed by atoms with Crippen molar-refractivity contribution in [1.29, 1.82) is 0 Å². The average Bonchev–Trinajstić information content (AvgIpc) is 3.50. The van der Waals surface area contributed by atoms with E-state index in [1.807, 2.05) is 21.1 Å². The molecule has 0 aliphatic rings. The van der Waals surface area contributed by atoms with Crippen LogP contribution in [0.3, 0.4) is 0 Å². The highest BCUT2D eigenvalue weighted by Gasteiger charge is 2.22. The van der Waals surface area contributed by atoms with E-state index in [4.69, 9.17) is 18.9 Å². The second-order valence-corrected chi connectivity index (χ2v) is 24.8. The fourth-order valence-electron chi connectivity index (χ4n) is 9.77. The maximum absolute atomic E-state index is 12.9. The van der Waals surface area contributed by atoms with Gasteiger partial charge in [-0.05, 0) is 103 Å². The van der Waals surface area contributed by atoms with Crippen LogP contribution in [0.2, 0.25) is 0 Å². The molecule has 0 aromatic rings. The molecule has 0 aliphatic carbocycles. The lowest BCUT2D eigenvalue weighted by atomic mass is 10.0. The maximum Gasteiger partial charge on any atom is 0.306 e. The molecule has 0 spiro atoms. The first kappa shape index (κ1) is 82.7. The molecule has 0 heterocycles. The van der Waals surface area contributed by atoms with Crippen LogP contribution in [-0.2, 0) is 33.3 Å². The molecule has 0 saturated carbocycles. The van der Waals surface area contributed by atoms with Crippen molar-refractivity contribution in [3.8, 4) is 0 Å². The van der Waals surface area contributed by atoms with Crippen LogP contribution in [0.5, 0.6) is 0 Å². The predicted octanol–water partition coefficient (Wildman–Crippen LogP) is 21.0. The van der Waals surface area contributed by atoms with Gasteiger partial charge in [-0.1, -0.05) is 302 Å². The summed E-state index contributed by atoms with van der Waals surface area (Å²) in [4.78, 5) is 37.4. The van der Waals surface area contributed by atoms with Gasteiger partial charge in [0.05, 0.1) is 40.3 Å². The summed E-state index contributed by atoms with van der Waals surface area (Å²) in [5.41, 5.74) is 0. The molecular weight excluding hydrogens is 1080 g/mol. The highest BCUT2D eigenvalue weighted by Crippen LogP contribution is 2.17. The maximum atomic E-state index is 12.9. The van der Waals surface area contributed by atoms with Crippen molar-refractivity contribution in [3.05, 3.63) is 122 Å². The minimum Gasteiger partial charge on any atom is -0.545 e. The van der Waals surface area contributed by atoms with E-state index in [1.165, 1.54) is 180 Å². The van der Waals surface area contributed by atoms with Crippen molar-refractivity contribution in [1.82, 2.24) is 0 Å². The molecule has 2 atom stereocenters. The summed E-state index contributed by atoms with van der Waals surface area (Å²) in [6.45, 7) is 4.57. The van der Waals surface area contributed by atoms with Gasteiger partial charge in [0.25, 0.3) is 0 Å². The lowest BCUT2D eigenvalue weighted by molar-refractivity contribution is -0.870. The third-order valence-corrected chi connectivity index (χ3v) is 15.2. The lowest BCUT2D eigenvalue weighted by Crippen LogP contribution is -2.44. The lowest BCUT2D eigenvalue weighted by Gasteiger charge is -2.26. The summed E-state index contributed by atoms with van der Waals surface area (Å²) in [6.07, 6.45) is 93.1. The number of carboxylic acids is 1. The number of carbonyl (C=O) groups is 3. The number of carbonyl (C=O) groups excluding carboxylic acids is 3. The van der Waals surface area contributed by atoms with Crippen LogP contribution in [0.1, 0.15) is 296 Å². The summed E-state index contributed by atoms with van der Waals surface area (Å²) in [6, 6.07) is 0. The Morgan fingerprint density at radius 2 is 0.667 bits per heavy atom. The van der Waals surface area contributed by atoms with Crippen molar-refractivity contribution in [2.24, 2.45) is 0 Å². The number of hydrogen-bond acceptors (Lipinski definition) is 8. The molecule has 498 valence electrons. The molecule has 0 bridgehead atoms. The summed E-state index contributed by atoms with van der Waals surface area (Å²) in [7, 11) is 5.91. The van der Waals surface area contributed by atoms with E-state index < -0.39 is 24.3 Å². The Morgan fingerprint density at radius 1 is 0.356 bits per heavy atom. The minimum atomic E-state index is -1.64. The standard InChI is InChI=1S/C78H133NO8/c1-6-8-10-12-14-16-18-20-22-24-26-28-30-31-32-33-34-35-36-37-38-39-40-41-42-43-44-45-47-48-50-52-54-56-58-60-62-64-66-68-75(80)85-72-74(73-86-78(77(82)83)84-71-70-79(3,4)5)87-76(81)69-67-65-63-61-59-57-55-53-51-49-46-29-27-25-23-21-19-17-15-13-11-9-7-2/h9,11,15,17-18,20-21,23-24,26-27,29-31,49,51,55,57,61,63,74,78H,6-8,10,12-14,16,19,22,25,28,32-48,50,52-54,56,58-60,62,64-73H2,1-5H3/b11-9-,17-15-,20-18-,23-21-,26-24-,29-27-,31-30-,51-49-,57-55-,63-61-. The Morgan fingerprint density at radius 3 is 1.01 bits per heavy atom. The van der Waals surface area contributed by atoms with Gasteiger partial charge in [0, 0.05) is 12.8 Å². The molecule has 0 fully saturated rings. The first-order chi connectivity index (χ1) is 42.6. The molecule has 0 amide bonds. The second kappa shape index (κ2) is 67.6. The van der Waals surface area contributed by atoms with E-state index in [-0.39, 0.29) is 38.6 Å². The van der Waals surface area contributed by atoms with Crippen molar-refractivity contribution < 1.29 is 42.9 Å². The van der Waals surface area contributed by atoms with Crippen LogP contribution in [0.25, 0.3) is 0 Å². The van der Waals surface area contributed by atoms with Crippen LogP contribution in [-0.4, -0.2) is 82.3 Å². The van der Waals surface area contributed by atoms with Crippen LogP contribution in [0.15, 0.2) is 122 Å². The third kappa shape index (κ3) is 69.0. The number of aliphatic carboxylic acids is 1. The number of ether oxygens (including phenoxy) is 4. The Hall–Kier alpha value is -4.31. The molecule has 0 aromatic carbocycles. The van der Waals surface area contributed by atoms with Gasteiger partial charge in [-0.3, -0.25) is 9.59 Å². The predicted molar refractivity (Wildman–Crippen MR) is 370 cm³/mol. The Kier molecular flexibility index (Phi) is 64.3. The molecule has 0 radical (unpaired) electrons. The van der Waals surface area contributed by atoms with Gasteiger partial charge in [0.1, 0.15) is 13.2 Å². The van der Waals surface area contributed by atoms with Gasteiger partial charge < -0.3 is 33.3 Å². The molecule has 2 unspecified atom stereocenters. The highest BCUT2D eigenvalue weighted by atomic mass is 16.7. The highest BCUT2D eigenvalue weighted by molar-refractivity contribution is 5.70. The van der Waals surface area contributed by atoms with E-state index in [1.54, 1.807) is 0 Å². The summed E-state index contributed by atoms with van der Waals surface area (Å²) < 4.78 is 22.7. The summed E-state index contributed by atoms with van der Waals surface area (Å²) in [5.74, 6) is -2.36. The Labute approximate surface area is 536 Å². The molecule has 0 saturated heterocycles. The number of rotatable bonds is 65. The average molecular weight is 1210 g/mol. The van der Waals surface area contributed by atoms with Gasteiger partial charge >= 0.3 is 11.9 Å². The molecule has 0 aromatic heterocycles. The van der Waals surface area contributed by atoms with Crippen LogP contribution in [0, 0.1) is 0 Å². The number of hydrogen-bond donors (Lipinski definition) is 0. The number of carboxylic acid groups (broad SMARTS) is 1. The largest absolute Gasteiger partial charge is 0.545 e. The van der Waals surface area contributed by atoms with E-state index in [2.05, 4.69) is 135 Å². The van der Waals surface area contributed by atoms with E-state index >= 15 is 0 Å². The van der Waals surface area contributed by atoms with Crippen molar-refractivity contribution in [2.45, 2.75) is 309 Å². The molecule has 87 heavy (non-hydrogen) atoms. The number of esters is 2. The fraction of sp³-hybridized carbons (Fsp3) is 0.705. The first-order valence-corrected chi connectivity index (χ1v) is 35.7. The molecule has 0 rings (SSSR count). The van der Waals surface area contributed by atoms with Crippen LogP contribution < -0.4 is 5.11 Å². The number of nitrogens with zero attached hydrogens (tertiary/aromatic N) is 1. The zero-order valence-corrected chi connectivity index (χ0v) is 56.9. The van der Waals surface area contributed by atoms with Crippen LogP contribution >= 0.6 is 0 Å². The molecule has 0 aliphatic heterocycles. The normalized spacial score (nSPS) is 13.4. The van der Waals surface area contributed by atoms with Gasteiger partial charge in [0.15, 0.2) is 12.4 Å². The van der Waals surface area contributed by atoms with Gasteiger partial charge in [0.2, 0.25) is 0 Å². The molecule has 9 heteroatoms. The number of likely N-dealkylation sites (N-methyl/N-ethyl adjacent to an activating group) is 1. The monoisotopic (exact) mass is 1210 g/mol. The minimum absolute atomic E-state index is 0.132. The number of quaternary nitrogens is 1. The van der Waals surface area contributed by atoms with Gasteiger partial charge in [-0.25, -0.2) is 0 Å². The molecule has 0 N–H and O–H groups in total. The van der Waals surface area contributed by atoms with Crippen molar-refractivity contribution in [3.63, 3.8) is 0 Å². The van der Waals surface area contributed by atoms with Crippen molar-refractivity contribution in [2.75, 3.05) is 47.5 Å². The second-order valence-electron chi connectivity index (χ2n) is 24.8. The van der Waals surface area contributed by atoms with Crippen LogP contribution in [0.4, 0.5) is 0 Å². The SMILES string of the molecule is CC/C=C\C/C=C\C/C=C\C/C=C\C/C=C\C/C=C\C/C=C\CCCC(=O)OC(COC(=O)CCCCCCCCCCCCCCCCCCCCCCCCCC/C=C\C/C=C\C/C=C\CCCCCCC)COC(OCC[N+](C)(C)C)C(=O)[O-]. The first-order valence-electron chi connectivity index (χ1n) is 35.7. The molecule has 9 nitrogen and oxygen atoms in total. The quantitative estimate of drug-likeness (QED) is 0.0195. The number of unbranched alkanes of at least 4 members (excludes halogenated alkanes) is 30. The Balaban J connectivity index is 4.08. The topological polar surface area (TPSA) is 111 Å². The van der Waals surface area contributed by atoms with Gasteiger partial charge in [-0.2, -0.15) is 0 Å². The fourth-order valence-corrected chi connectivity index (χ4v) is 9.77. The van der Waals surface area contributed by atoms with E-state index in [0.29, 0.717) is 23.9 Å². The Bertz CT molecular complexity index is 1840. The zero-order valence-electron chi connectivity index (χ0n) is 56.9.